The van der Waals surface area contributed by atoms with Gasteiger partial charge in [-0.25, -0.2) is 0 Å². The van der Waals surface area contributed by atoms with Crippen LogP contribution in [0.15, 0.2) is 60.2 Å². The van der Waals surface area contributed by atoms with E-state index in [0.29, 0.717) is 0 Å². The van der Waals surface area contributed by atoms with Gasteiger partial charge in [0.1, 0.15) is 0 Å². The SMILES string of the molecule is CC1=Cc2c(C)cc3c(C)cccc3c2C1.O=[PH+]c1ccccc1. The maximum absolute atomic E-state index is 10.2. The van der Waals surface area contributed by atoms with E-state index in [1.165, 1.54) is 38.6 Å². The highest BCUT2D eigenvalue weighted by atomic mass is 31.1. The fourth-order valence-electron chi connectivity index (χ4n) is 3.29. The van der Waals surface area contributed by atoms with Gasteiger partial charge in [0.05, 0.1) is 0 Å². The molecule has 1 aliphatic carbocycles. The van der Waals surface area contributed by atoms with Crippen molar-refractivity contribution in [1.82, 2.24) is 0 Å². The van der Waals surface area contributed by atoms with Crippen molar-refractivity contribution >= 4 is 30.6 Å². The molecular weight excluding hydrogens is 311 g/mol. The lowest BCUT2D eigenvalue weighted by atomic mass is 9.94. The molecule has 0 saturated carbocycles. The Kier molecular flexibility index (Phi) is 4.92. The monoisotopic (exact) mass is 333 g/mol. The van der Waals surface area contributed by atoms with Gasteiger partial charge < -0.3 is 0 Å². The summed E-state index contributed by atoms with van der Waals surface area (Å²) in [7, 11) is -0.320. The summed E-state index contributed by atoms with van der Waals surface area (Å²) in [6, 6.07) is 18.3. The quantitative estimate of drug-likeness (QED) is 0.518. The number of hydrogen-bond acceptors (Lipinski definition) is 1. The van der Waals surface area contributed by atoms with E-state index >= 15 is 0 Å². The van der Waals surface area contributed by atoms with Crippen LogP contribution in [0.1, 0.15) is 29.2 Å². The van der Waals surface area contributed by atoms with E-state index in [2.05, 4.69) is 51.1 Å². The zero-order valence-electron chi connectivity index (χ0n) is 14.4. The summed E-state index contributed by atoms with van der Waals surface area (Å²) in [6.07, 6.45) is 3.46. The molecular formula is C22H22OP+. The number of hydrogen-bond donors (Lipinski definition) is 0. The van der Waals surface area contributed by atoms with Crippen LogP contribution in [-0.2, 0) is 11.0 Å². The molecule has 0 amide bonds. The molecule has 2 heteroatoms. The number of fused-ring (bicyclic) bond motifs is 3. The Morgan fingerprint density at radius 2 is 1.58 bits per heavy atom. The third-order valence-corrected chi connectivity index (χ3v) is 5.07. The van der Waals surface area contributed by atoms with Crippen LogP contribution in [0.5, 0.6) is 0 Å². The number of allylic oxidation sites excluding steroid dienone is 1. The Morgan fingerprint density at radius 3 is 2.25 bits per heavy atom. The Labute approximate surface area is 145 Å². The maximum Gasteiger partial charge on any atom is 0.363 e. The van der Waals surface area contributed by atoms with E-state index in [0.717, 1.165) is 11.7 Å². The normalized spacial score (nSPS) is 12.5. The van der Waals surface area contributed by atoms with Gasteiger partial charge in [-0.2, -0.15) is 0 Å². The number of benzene rings is 3. The van der Waals surface area contributed by atoms with Crippen LogP contribution in [-0.4, -0.2) is 0 Å². The molecule has 3 aromatic rings. The molecule has 0 aliphatic heterocycles. The van der Waals surface area contributed by atoms with E-state index in [1.54, 1.807) is 0 Å². The molecule has 0 heterocycles. The van der Waals surface area contributed by atoms with Crippen molar-refractivity contribution in [2.75, 3.05) is 0 Å². The zero-order valence-corrected chi connectivity index (χ0v) is 15.4. The molecule has 0 fully saturated rings. The minimum Gasteiger partial charge on any atom is -0.0707 e. The number of aryl methyl sites for hydroxylation is 2. The van der Waals surface area contributed by atoms with E-state index in [9.17, 15) is 4.57 Å². The van der Waals surface area contributed by atoms with Crippen molar-refractivity contribution in [1.29, 1.82) is 0 Å². The van der Waals surface area contributed by atoms with Crippen molar-refractivity contribution in [3.8, 4) is 0 Å². The summed E-state index contributed by atoms with van der Waals surface area (Å²) in [4.78, 5) is 0. The smallest absolute Gasteiger partial charge is 0.0707 e. The minimum atomic E-state index is -0.320. The van der Waals surface area contributed by atoms with Gasteiger partial charge in [0.2, 0.25) is 0 Å². The molecule has 4 rings (SSSR count). The van der Waals surface area contributed by atoms with Crippen molar-refractivity contribution in [3.05, 3.63) is 82.4 Å². The summed E-state index contributed by atoms with van der Waals surface area (Å²) in [5.41, 5.74) is 7.25. The molecule has 1 atom stereocenters. The maximum atomic E-state index is 10.2. The molecule has 1 unspecified atom stereocenters. The van der Waals surface area contributed by atoms with Crippen molar-refractivity contribution in [2.45, 2.75) is 27.2 Å². The largest absolute Gasteiger partial charge is 0.363 e. The molecule has 0 saturated heterocycles. The van der Waals surface area contributed by atoms with Crippen molar-refractivity contribution < 1.29 is 4.57 Å². The van der Waals surface area contributed by atoms with Gasteiger partial charge >= 0.3 is 8.46 Å². The first-order valence-electron chi connectivity index (χ1n) is 8.22. The van der Waals surface area contributed by atoms with Crippen LogP contribution in [0.25, 0.3) is 16.8 Å². The fourth-order valence-corrected chi connectivity index (χ4v) is 3.62. The highest BCUT2D eigenvalue weighted by Gasteiger charge is 2.15. The second kappa shape index (κ2) is 7.11. The fraction of sp³-hybridized carbons (Fsp3) is 0.182. The average Bonchev–Trinajstić information content (AvgIpc) is 3.00. The minimum absolute atomic E-state index is 0.320. The average molecular weight is 333 g/mol. The van der Waals surface area contributed by atoms with Crippen LogP contribution in [0.3, 0.4) is 0 Å². The third-order valence-electron chi connectivity index (χ3n) is 4.50. The molecule has 0 N–H and O–H groups in total. The Morgan fingerprint density at radius 1 is 0.833 bits per heavy atom. The molecule has 1 aliphatic rings. The third kappa shape index (κ3) is 3.32. The van der Waals surface area contributed by atoms with Gasteiger partial charge in [-0.3, -0.25) is 0 Å². The van der Waals surface area contributed by atoms with Gasteiger partial charge in [0.25, 0.3) is 0 Å². The molecule has 0 aromatic heterocycles. The standard InChI is InChI=1S/C16H16.C6H5OP/c1-10-7-14-12(3)9-15-11(2)5-4-6-13(15)16(14)8-10;7-8-6-4-2-1-3-5-6/h4-7,9H,8H2,1-3H3;1-5H/p+1. The highest BCUT2D eigenvalue weighted by Crippen LogP contribution is 2.35. The molecule has 24 heavy (non-hydrogen) atoms. The van der Waals surface area contributed by atoms with Gasteiger partial charge in [-0.05, 0) is 72.4 Å². The summed E-state index contributed by atoms with van der Waals surface area (Å²) in [5.74, 6) is 0. The Bertz CT molecular complexity index is 924. The van der Waals surface area contributed by atoms with Gasteiger partial charge in [0, 0.05) is 0 Å². The van der Waals surface area contributed by atoms with E-state index in [4.69, 9.17) is 0 Å². The van der Waals surface area contributed by atoms with Crippen LogP contribution in [0.2, 0.25) is 0 Å². The van der Waals surface area contributed by atoms with Crippen LogP contribution < -0.4 is 5.30 Å². The first-order chi connectivity index (χ1) is 11.6. The van der Waals surface area contributed by atoms with Crippen molar-refractivity contribution in [3.63, 3.8) is 0 Å². The van der Waals surface area contributed by atoms with Crippen LogP contribution in [0, 0.1) is 13.8 Å². The van der Waals surface area contributed by atoms with Gasteiger partial charge in [-0.15, -0.1) is 0 Å². The first-order valence-corrected chi connectivity index (χ1v) is 9.13. The van der Waals surface area contributed by atoms with Crippen LogP contribution in [0.4, 0.5) is 0 Å². The molecule has 0 radical (unpaired) electrons. The molecule has 1 nitrogen and oxygen atoms in total. The van der Waals surface area contributed by atoms with Crippen LogP contribution >= 0.6 is 8.46 Å². The second-order valence-electron chi connectivity index (χ2n) is 6.39. The summed E-state index contributed by atoms with van der Waals surface area (Å²) >= 11 is 0. The molecule has 0 spiro atoms. The van der Waals surface area contributed by atoms with E-state index in [-0.39, 0.29) is 8.46 Å². The first kappa shape index (κ1) is 16.6. The molecule has 0 bridgehead atoms. The lowest BCUT2D eigenvalue weighted by Gasteiger charge is -2.10. The van der Waals surface area contributed by atoms with Gasteiger partial charge in [0.15, 0.2) is 5.30 Å². The molecule has 120 valence electrons. The summed E-state index contributed by atoms with van der Waals surface area (Å²) < 4.78 is 10.2. The van der Waals surface area contributed by atoms with Crippen molar-refractivity contribution in [2.24, 2.45) is 0 Å². The summed E-state index contributed by atoms with van der Waals surface area (Å²) in [6.45, 7) is 6.64. The Hall–Kier alpha value is -2.24. The Balaban J connectivity index is 0.000000179. The van der Waals surface area contributed by atoms with Gasteiger partial charge in [-0.1, -0.05) is 58.7 Å². The zero-order chi connectivity index (χ0) is 17.1. The topological polar surface area (TPSA) is 17.1 Å². The summed E-state index contributed by atoms with van der Waals surface area (Å²) in [5, 5.41) is 3.74. The second-order valence-corrected chi connectivity index (χ2v) is 7.17. The molecule has 3 aromatic carbocycles. The predicted molar refractivity (Wildman–Crippen MR) is 106 cm³/mol. The highest BCUT2D eigenvalue weighted by molar-refractivity contribution is 7.34. The lowest BCUT2D eigenvalue weighted by Crippen LogP contribution is -1.91. The van der Waals surface area contributed by atoms with E-state index in [1.807, 2.05) is 30.3 Å². The lowest BCUT2D eigenvalue weighted by molar-refractivity contribution is 0.603. The number of rotatable bonds is 1. The predicted octanol–water partition coefficient (Wildman–Crippen LogP) is 5.75. The van der Waals surface area contributed by atoms with E-state index < -0.39 is 0 Å².